The van der Waals surface area contributed by atoms with Crippen LogP contribution >= 0.6 is 0 Å². The molecule has 2 aliphatic carbocycles. The van der Waals surface area contributed by atoms with Crippen LogP contribution in [0.15, 0.2) is 10.2 Å². The summed E-state index contributed by atoms with van der Waals surface area (Å²) in [6.07, 6.45) is -6.72. The van der Waals surface area contributed by atoms with Gasteiger partial charge in [0.2, 0.25) is 0 Å². The Kier molecular flexibility index (Phi) is 3.14. The van der Waals surface area contributed by atoms with Gasteiger partial charge in [-0.3, -0.25) is 0 Å². The van der Waals surface area contributed by atoms with Gasteiger partial charge in [0.25, 0.3) is 10.0 Å². The zero-order chi connectivity index (χ0) is 19.7. The summed E-state index contributed by atoms with van der Waals surface area (Å²) in [7, 11) is -6.48. The second-order valence-electron chi connectivity index (χ2n) is 6.75. The van der Waals surface area contributed by atoms with Gasteiger partial charge in [0.1, 0.15) is 0 Å². The van der Waals surface area contributed by atoms with E-state index in [2.05, 4.69) is 10.2 Å². The molecule has 0 aromatic rings. The monoisotopic (exact) mass is 417 g/mol. The van der Waals surface area contributed by atoms with Crippen LogP contribution in [0.2, 0.25) is 0 Å². The van der Waals surface area contributed by atoms with E-state index in [4.69, 9.17) is 0 Å². The van der Waals surface area contributed by atoms with Gasteiger partial charge in [0.15, 0.2) is 0 Å². The molecule has 0 N–H and O–H groups in total. The number of alkyl halides is 9. The first-order chi connectivity index (χ1) is 11.6. The molecular formula is C11H8F9N3O2S. The van der Waals surface area contributed by atoms with Gasteiger partial charge in [0, 0.05) is 23.9 Å². The summed E-state index contributed by atoms with van der Waals surface area (Å²) < 4.78 is 141. The third kappa shape index (κ3) is 1.72. The Balaban J connectivity index is 1.67. The highest BCUT2D eigenvalue weighted by atomic mass is 32.2. The minimum Gasteiger partial charge on any atom is -0.206 e. The second-order valence-corrected chi connectivity index (χ2v) is 8.64. The van der Waals surface area contributed by atoms with Gasteiger partial charge in [-0.25, -0.2) is 8.42 Å². The average Bonchev–Trinajstić information content (AvgIpc) is 3.03. The smallest absolute Gasteiger partial charge is 0.206 e. The Hall–Kier alpha value is -1.12. The third-order valence-corrected chi connectivity index (χ3v) is 7.49. The summed E-state index contributed by atoms with van der Waals surface area (Å²) >= 11 is 0. The average molecular weight is 417 g/mol. The number of fused-ring (bicyclic) bond motifs is 8. The van der Waals surface area contributed by atoms with Gasteiger partial charge < -0.3 is 0 Å². The number of nitrogens with zero attached hydrogens (tertiary/aromatic N) is 3. The van der Waals surface area contributed by atoms with Crippen LogP contribution < -0.4 is 0 Å². The molecule has 0 aromatic carbocycles. The molecule has 2 aliphatic heterocycles. The summed E-state index contributed by atoms with van der Waals surface area (Å²) in [5.41, 5.74) is 0. The van der Waals surface area contributed by atoms with Crippen molar-refractivity contribution in [2.24, 2.45) is 22.1 Å². The molecule has 4 aliphatic rings. The minimum atomic E-state index is -7.25. The summed E-state index contributed by atoms with van der Waals surface area (Å²) in [6.45, 7) is 0. The number of piperidine rings is 1. The highest BCUT2D eigenvalue weighted by Gasteiger charge is 2.88. The maximum atomic E-state index is 13.9. The molecule has 0 spiro atoms. The molecule has 1 unspecified atom stereocenters. The highest BCUT2D eigenvalue weighted by Crippen LogP contribution is 2.65. The van der Waals surface area contributed by atoms with E-state index in [0.717, 1.165) is 0 Å². The first-order valence-electron chi connectivity index (χ1n) is 7.22. The van der Waals surface area contributed by atoms with E-state index in [-0.39, 0.29) is 4.31 Å². The Labute approximate surface area is 139 Å². The van der Waals surface area contributed by atoms with Crippen molar-refractivity contribution < 1.29 is 47.9 Å². The molecule has 15 heteroatoms. The van der Waals surface area contributed by atoms with Crippen molar-refractivity contribution in [2.45, 2.75) is 53.9 Å². The van der Waals surface area contributed by atoms with Crippen LogP contribution in [0.1, 0.15) is 6.42 Å². The lowest BCUT2D eigenvalue weighted by molar-refractivity contribution is -0.382. The number of rotatable bonds is 4. The Morgan fingerprint density at radius 2 is 1.19 bits per heavy atom. The normalized spacial score (nSPS) is 41.7. The van der Waals surface area contributed by atoms with Gasteiger partial charge in [-0.1, -0.05) is 0 Å². The molecule has 4 rings (SSSR count). The molecule has 26 heavy (non-hydrogen) atoms. The van der Waals surface area contributed by atoms with E-state index in [0.29, 0.717) is 6.42 Å². The lowest BCUT2D eigenvalue weighted by Crippen LogP contribution is -2.64. The molecule has 148 valence electrons. The maximum Gasteiger partial charge on any atom is 0.460 e. The molecule has 3 fully saturated rings. The lowest BCUT2D eigenvalue weighted by Gasteiger charge is -2.33. The van der Waals surface area contributed by atoms with Crippen LogP contribution in [0.4, 0.5) is 39.5 Å². The molecule has 0 amide bonds. The number of hydrogen-bond donors (Lipinski definition) is 0. The van der Waals surface area contributed by atoms with Gasteiger partial charge >= 0.3 is 23.3 Å². The van der Waals surface area contributed by atoms with Gasteiger partial charge in [-0.2, -0.15) is 54.0 Å². The van der Waals surface area contributed by atoms with Crippen molar-refractivity contribution in [3.8, 4) is 0 Å². The summed E-state index contributed by atoms with van der Waals surface area (Å²) in [6, 6.07) is -3.25. The third-order valence-electron chi connectivity index (χ3n) is 5.55. The molecular weight excluding hydrogens is 409 g/mol. The predicted molar refractivity (Wildman–Crippen MR) is 63.3 cm³/mol. The largest absolute Gasteiger partial charge is 0.460 e. The molecule has 2 saturated carbocycles. The molecule has 2 bridgehead atoms. The molecule has 1 saturated heterocycles. The Morgan fingerprint density at radius 1 is 0.769 bits per heavy atom. The maximum absolute atomic E-state index is 13.9. The van der Waals surface area contributed by atoms with Gasteiger partial charge in [-0.15, -0.1) is 0 Å². The fraction of sp³-hybridized carbons (Fsp3) is 1.00. The Bertz CT molecular complexity index is 771. The quantitative estimate of drug-likeness (QED) is 0.522. The van der Waals surface area contributed by atoms with Gasteiger partial charge in [-0.05, 0) is 6.42 Å². The highest BCUT2D eigenvalue weighted by molar-refractivity contribution is 7.90. The zero-order valence-electron chi connectivity index (χ0n) is 12.1. The van der Waals surface area contributed by atoms with E-state index in [1.807, 2.05) is 0 Å². The zero-order valence-corrected chi connectivity index (χ0v) is 13.0. The molecule has 2 heterocycles. The first kappa shape index (κ1) is 18.3. The van der Waals surface area contributed by atoms with Crippen molar-refractivity contribution in [3.05, 3.63) is 0 Å². The molecule has 0 aromatic heterocycles. The number of halogens is 9. The van der Waals surface area contributed by atoms with E-state index in [1.54, 1.807) is 0 Å². The van der Waals surface area contributed by atoms with Crippen LogP contribution in [0, 0.1) is 11.8 Å². The molecule has 7 atom stereocenters. The summed E-state index contributed by atoms with van der Waals surface area (Å²) in [4.78, 5) is 0. The van der Waals surface area contributed by atoms with Crippen LogP contribution in [0.25, 0.3) is 0 Å². The summed E-state index contributed by atoms with van der Waals surface area (Å²) in [5.74, 6) is -15.6. The second kappa shape index (κ2) is 4.47. The predicted octanol–water partition coefficient (Wildman–Crippen LogP) is 2.65. The SMILES string of the molecule is O=S(=O)(N1[C@@H]2[C@@H]3C[C@@H]([C@H]4N=N[C@@H]34)[C@@H]21)C(F)(F)C(F)(F)C(F)(F)C(F)(F)F. The van der Waals surface area contributed by atoms with E-state index in [9.17, 15) is 47.9 Å². The standard InChI is InChI=1S/C11H8F9N3O2S/c12-8(13,10(16,17)18)9(14,15)11(19,20)26(24,25)23-6-2-1-3(7(6)23)5-4(2)21-22-5/h2-7H,1H2/t2-,3+,4+,5-,6-,7+,23?. The van der Waals surface area contributed by atoms with Crippen molar-refractivity contribution in [3.63, 3.8) is 0 Å². The molecule has 5 nitrogen and oxygen atoms in total. The topological polar surface area (TPSA) is 61.9 Å². The molecule has 0 radical (unpaired) electrons. The first-order valence-corrected chi connectivity index (χ1v) is 8.66. The number of hydrogen-bond acceptors (Lipinski definition) is 4. The fourth-order valence-corrected chi connectivity index (χ4v) is 6.15. The van der Waals surface area contributed by atoms with Crippen molar-refractivity contribution in [1.29, 1.82) is 0 Å². The van der Waals surface area contributed by atoms with E-state index >= 15 is 0 Å². The minimum absolute atomic E-state index is 0.0739. The van der Waals surface area contributed by atoms with Crippen molar-refractivity contribution in [2.75, 3.05) is 0 Å². The fourth-order valence-electron chi connectivity index (χ4n) is 4.28. The van der Waals surface area contributed by atoms with Crippen LogP contribution in [-0.4, -0.2) is 60.2 Å². The van der Waals surface area contributed by atoms with Crippen molar-refractivity contribution in [1.82, 2.24) is 4.31 Å². The van der Waals surface area contributed by atoms with E-state index in [1.165, 1.54) is 0 Å². The number of azo groups is 1. The Morgan fingerprint density at radius 3 is 1.54 bits per heavy atom. The lowest BCUT2D eigenvalue weighted by atomic mass is 9.90. The van der Waals surface area contributed by atoms with Crippen LogP contribution in [-0.2, 0) is 10.0 Å². The van der Waals surface area contributed by atoms with Crippen LogP contribution in [0.3, 0.4) is 0 Å². The van der Waals surface area contributed by atoms with Crippen molar-refractivity contribution >= 4 is 10.0 Å². The summed E-state index contributed by atoms with van der Waals surface area (Å²) in [5, 5.41) is 0.721. The van der Waals surface area contributed by atoms with E-state index < -0.39 is 69.3 Å². The number of sulfonamides is 1. The van der Waals surface area contributed by atoms with Crippen LogP contribution in [0.5, 0.6) is 0 Å². The van der Waals surface area contributed by atoms with Gasteiger partial charge in [0.05, 0.1) is 12.1 Å².